The number of urea groups is 1. The van der Waals surface area contributed by atoms with Crippen molar-refractivity contribution in [3.05, 3.63) is 77.5 Å². The third-order valence-corrected chi connectivity index (χ3v) is 9.31. The quantitative estimate of drug-likeness (QED) is 0.375. The maximum atomic E-state index is 14.8. The van der Waals surface area contributed by atoms with Gasteiger partial charge in [-0.3, -0.25) is 9.69 Å². The van der Waals surface area contributed by atoms with Crippen LogP contribution < -0.4 is 24.4 Å². The molecule has 3 aromatic rings. The molecule has 1 aromatic heterocycles. The molecular formula is C30H32N6O6S. The number of amides is 3. The van der Waals surface area contributed by atoms with E-state index in [1.807, 2.05) is 6.07 Å². The fourth-order valence-corrected chi connectivity index (χ4v) is 7.05. The van der Waals surface area contributed by atoms with E-state index in [0.717, 1.165) is 0 Å². The van der Waals surface area contributed by atoms with E-state index in [1.165, 1.54) is 49.7 Å². The van der Waals surface area contributed by atoms with Gasteiger partial charge in [-0.2, -0.15) is 9.57 Å². The van der Waals surface area contributed by atoms with Crippen molar-refractivity contribution in [2.75, 3.05) is 31.1 Å². The first-order valence-corrected chi connectivity index (χ1v) is 15.2. The number of likely N-dealkylation sites (tertiary alicyclic amines) is 1. The standard InChI is InChI=1S/C30H32N6O6S/c1-5-42-27-22(9-8-14-32-27)30(34-29(38)33-21-17-35(18-21)19(2)3)23-15-20(16-31)12-13-24(23)36(28(30)37)43(39,40)26-11-7-6-10-25(26)41-4/h6-15,19,21H,5,17-18H2,1-4H3,(H2,33,34,38). The van der Waals surface area contributed by atoms with Crippen molar-refractivity contribution in [1.29, 1.82) is 5.26 Å². The molecule has 1 unspecified atom stereocenters. The molecule has 0 bridgehead atoms. The van der Waals surface area contributed by atoms with Crippen molar-refractivity contribution < 1.29 is 27.5 Å². The normalized spacial score (nSPS) is 18.5. The summed E-state index contributed by atoms with van der Waals surface area (Å²) in [5.41, 5.74) is -1.80. The lowest BCUT2D eigenvalue weighted by Crippen LogP contribution is -2.65. The Kier molecular flexibility index (Phi) is 8.00. The van der Waals surface area contributed by atoms with Crippen molar-refractivity contribution in [2.45, 2.75) is 43.3 Å². The van der Waals surface area contributed by atoms with Crippen LogP contribution in [0.25, 0.3) is 0 Å². The van der Waals surface area contributed by atoms with E-state index in [-0.39, 0.29) is 51.6 Å². The van der Waals surface area contributed by atoms with Gasteiger partial charge in [0.25, 0.3) is 15.9 Å². The topological polar surface area (TPSA) is 154 Å². The number of nitriles is 1. The Labute approximate surface area is 250 Å². The second kappa shape index (κ2) is 11.5. The molecule has 2 aromatic carbocycles. The fraction of sp³-hybridized carbons (Fsp3) is 0.333. The van der Waals surface area contributed by atoms with Gasteiger partial charge in [0.1, 0.15) is 10.6 Å². The number of fused-ring (bicyclic) bond motifs is 1. The number of hydrogen-bond donors (Lipinski definition) is 2. The summed E-state index contributed by atoms with van der Waals surface area (Å²) in [6, 6.07) is 14.7. The molecule has 1 fully saturated rings. The smallest absolute Gasteiger partial charge is 0.316 e. The minimum Gasteiger partial charge on any atom is -0.495 e. The molecule has 0 aliphatic carbocycles. The fourth-order valence-electron chi connectivity index (χ4n) is 5.42. The minimum atomic E-state index is -4.60. The van der Waals surface area contributed by atoms with E-state index in [4.69, 9.17) is 9.47 Å². The summed E-state index contributed by atoms with van der Waals surface area (Å²) in [5, 5.41) is 15.5. The number of nitrogens with zero attached hydrogens (tertiary/aromatic N) is 4. The number of carbonyl (C=O) groups is 2. The third kappa shape index (κ3) is 5.02. The van der Waals surface area contributed by atoms with E-state index in [1.54, 1.807) is 25.1 Å². The van der Waals surface area contributed by atoms with Crippen LogP contribution in [0.3, 0.4) is 0 Å². The largest absolute Gasteiger partial charge is 0.495 e. The van der Waals surface area contributed by atoms with E-state index in [0.29, 0.717) is 23.4 Å². The van der Waals surface area contributed by atoms with Crippen molar-refractivity contribution in [3.8, 4) is 17.7 Å². The van der Waals surface area contributed by atoms with Gasteiger partial charge in [-0.1, -0.05) is 12.1 Å². The van der Waals surface area contributed by atoms with Crippen molar-refractivity contribution >= 4 is 27.6 Å². The molecule has 5 rings (SSSR count). The first-order chi connectivity index (χ1) is 20.6. The number of nitrogens with one attached hydrogen (secondary N) is 2. The lowest BCUT2D eigenvalue weighted by molar-refractivity contribution is -0.121. The Balaban J connectivity index is 1.71. The molecule has 12 nitrogen and oxygen atoms in total. The summed E-state index contributed by atoms with van der Waals surface area (Å²) >= 11 is 0. The molecule has 43 heavy (non-hydrogen) atoms. The number of rotatable bonds is 9. The van der Waals surface area contributed by atoms with Crippen LogP contribution in [0.4, 0.5) is 10.5 Å². The van der Waals surface area contributed by atoms with Gasteiger partial charge in [-0.25, -0.2) is 18.2 Å². The van der Waals surface area contributed by atoms with Crippen LogP contribution in [0.15, 0.2) is 65.7 Å². The zero-order chi connectivity index (χ0) is 30.9. The van der Waals surface area contributed by atoms with Crippen molar-refractivity contribution in [2.24, 2.45) is 0 Å². The molecule has 1 saturated heterocycles. The monoisotopic (exact) mass is 604 g/mol. The average molecular weight is 605 g/mol. The second-order valence-electron chi connectivity index (χ2n) is 10.5. The van der Waals surface area contributed by atoms with Crippen LogP contribution in [0.5, 0.6) is 11.6 Å². The molecule has 0 radical (unpaired) electrons. The number of carbonyl (C=O) groups excluding carboxylic acids is 2. The minimum absolute atomic E-state index is 0.0260. The van der Waals surface area contributed by atoms with Gasteiger partial charge in [0.15, 0.2) is 5.54 Å². The van der Waals surface area contributed by atoms with Gasteiger partial charge < -0.3 is 20.1 Å². The van der Waals surface area contributed by atoms with E-state index >= 15 is 0 Å². The molecule has 0 saturated carbocycles. The molecule has 2 N–H and O–H groups in total. The lowest BCUT2D eigenvalue weighted by Gasteiger charge is -2.42. The highest BCUT2D eigenvalue weighted by Gasteiger charge is 2.59. The van der Waals surface area contributed by atoms with Crippen LogP contribution in [0, 0.1) is 11.3 Å². The summed E-state index contributed by atoms with van der Waals surface area (Å²) in [6.07, 6.45) is 1.46. The molecule has 2 aliphatic heterocycles. The summed E-state index contributed by atoms with van der Waals surface area (Å²) in [5.74, 6) is -0.937. The summed E-state index contributed by atoms with van der Waals surface area (Å²) < 4.78 is 40.3. The van der Waals surface area contributed by atoms with E-state index < -0.39 is 27.5 Å². The van der Waals surface area contributed by atoms with E-state index in [9.17, 15) is 23.3 Å². The third-order valence-electron chi connectivity index (χ3n) is 7.57. The van der Waals surface area contributed by atoms with Gasteiger partial charge >= 0.3 is 6.03 Å². The predicted molar refractivity (Wildman–Crippen MR) is 157 cm³/mol. The molecule has 0 spiro atoms. The van der Waals surface area contributed by atoms with Crippen LogP contribution in [0.2, 0.25) is 0 Å². The molecule has 3 heterocycles. The maximum Gasteiger partial charge on any atom is 0.316 e. The molecule has 13 heteroatoms. The van der Waals surface area contributed by atoms with E-state index in [2.05, 4.69) is 34.4 Å². The number of hydrogen-bond acceptors (Lipinski definition) is 9. The van der Waals surface area contributed by atoms with Gasteiger partial charge in [0.05, 0.1) is 42.6 Å². The van der Waals surface area contributed by atoms with Crippen LogP contribution in [-0.2, 0) is 20.4 Å². The van der Waals surface area contributed by atoms with Gasteiger partial charge in [-0.15, -0.1) is 0 Å². The number of sulfonamides is 1. The Hall–Kier alpha value is -4.67. The van der Waals surface area contributed by atoms with Crippen LogP contribution in [-0.4, -0.2) is 69.1 Å². The SMILES string of the molecule is CCOc1ncccc1C1(NC(=O)NC2CN(C(C)C)C2)C(=O)N(S(=O)(=O)c2ccccc2OC)c2ccc(C#N)cc21. The first-order valence-electron chi connectivity index (χ1n) is 13.8. The zero-order valence-electron chi connectivity index (χ0n) is 24.2. The first kappa shape index (κ1) is 29.8. The Morgan fingerprint density at radius 3 is 2.58 bits per heavy atom. The predicted octanol–water partition coefficient (Wildman–Crippen LogP) is 2.73. The summed E-state index contributed by atoms with van der Waals surface area (Å²) in [6.45, 7) is 7.27. The molecule has 1 atom stereocenters. The Morgan fingerprint density at radius 2 is 1.91 bits per heavy atom. The van der Waals surface area contributed by atoms with Crippen molar-refractivity contribution in [3.63, 3.8) is 0 Å². The number of ether oxygens (including phenoxy) is 2. The molecule has 3 amide bonds. The molecular weight excluding hydrogens is 572 g/mol. The molecule has 2 aliphatic rings. The Morgan fingerprint density at radius 1 is 1.16 bits per heavy atom. The highest BCUT2D eigenvalue weighted by atomic mass is 32.2. The van der Waals surface area contributed by atoms with Crippen LogP contribution >= 0.6 is 0 Å². The Bertz CT molecular complexity index is 1720. The number of pyridine rings is 1. The van der Waals surface area contributed by atoms with Gasteiger partial charge in [0, 0.05) is 30.9 Å². The number of para-hydroxylation sites is 1. The number of anilines is 1. The lowest BCUT2D eigenvalue weighted by atomic mass is 9.83. The summed E-state index contributed by atoms with van der Waals surface area (Å²) in [4.78, 5) is 34.7. The number of benzene rings is 2. The average Bonchev–Trinajstić information content (AvgIpc) is 3.22. The highest BCUT2D eigenvalue weighted by Crippen LogP contribution is 2.49. The second-order valence-corrected chi connectivity index (χ2v) is 12.2. The maximum absolute atomic E-state index is 14.8. The molecule has 224 valence electrons. The summed E-state index contributed by atoms with van der Waals surface area (Å²) in [7, 11) is -3.27. The van der Waals surface area contributed by atoms with Crippen LogP contribution in [0.1, 0.15) is 37.5 Å². The van der Waals surface area contributed by atoms with Gasteiger partial charge in [-0.05, 0) is 63.2 Å². The number of aromatic nitrogens is 1. The number of methoxy groups -OCH3 is 1. The van der Waals surface area contributed by atoms with Gasteiger partial charge in [0.2, 0.25) is 5.88 Å². The zero-order valence-corrected chi connectivity index (χ0v) is 25.0. The highest BCUT2D eigenvalue weighted by molar-refractivity contribution is 7.93. The van der Waals surface area contributed by atoms with Crippen molar-refractivity contribution in [1.82, 2.24) is 20.5 Å².